The average Bonchev–Trinajstić information content (AvgIpc) is 2.86. The average molecular weight is 346 g/mol. The lowest BCUT2D eigenvalue weighted by Gasteiger charge is -2.06. The molecular formula is C13H13ClFN3O3S. The van der Waals surface area contributed by atoms with Crippen molar-refractivity contribution in [2.45, 2.75) is 4.90 Å². The third kappa shape index (κ3) is 3.29. The second kappa shape index (κ2) is 6.07. The Bertz CT molecular complexity index is 833. The Kier molecular flexibility index (Phi) is 4.55. The number of rotatable bonds is 4. The maximum absolute atomic E-state index is 13.1. The molecular weight excluding hydrogens is 333 g/mol. The summed E-state index contributed by atoms with van der Waals surface area (Å²) >= 11 is 5.64. The van der Waals surface area contributed by atoms with Gasteiger partial charge in [0.2, 0.25) is 10.0 Å². The first kappa shape index (κ1) is 16.5. The maximum atomic E-state index is 13.1. The van der Waals surface area contributed by atoms with Crippen LogP contribution in [0.25, 0.3) is 0 Å². The molecule has 22 heavy (non-hydrogen) atoms. The van der Waals surface area contributed by atoms with E-state index in [0.29, 0.717) is 5.69 Å². The van der Waals surface area contributed by atoms with Gasteiger partial charge in [-0.15, -0.1) is 0 Å². The molecule has 0 radical (unpaired) electrons. The number of carbonyl (C=O) groups excluding carboxylic acids is 1. The molecule has 0 unspecified atom stereocenters. The van der Waals surface area contributed by atoms with E-state index in [1.807, 2.05) is 0 Å². The molecule has 1 amide bonds. The van der Waals surface area contributed by atoms with E-state index in [2.05, 4.69) is 10.0 Å². The van der Waals surface area contributed by atoms with Crippen LogP contribution in [0.15, 0.2) is 35.4 Å². The molecule has 118 valence electrons. The standard InChI is InChI=1S/C13H13ClFN3O3S/c1-16-22(20,21)9-6-12(18(2)7-9)13(19)17-8-3-4-11(15)10(14)5-8/h3-7,16H,1-2H3,(H,17,19). The van der Waals surface area contributed by atoms with E-state index in [4.69, 9.17) is 11.6 Å². The zero-order valence-electron chi connectivity index (χ0n) is 11.7. The minimum Gasteiger partial charge on any atom is -0.345 e. The van der Waals surface area contributed by atoms with Gasteiger partial charge in [0.05, 0.1) is 5.02 Å². The summed E-state index contributed by atoms with van der Waals surface area (Å²) in [5, 5.41) is 2.40. The van der Waals surface area contributed by atoms with Crippen LogP contribution in [-0.4, -0.2) is 25.9 Å². The van der Waals surface area contributed by atoms with Crippen LogP contribution in [0.2, 0.25) is 5.02 Å². The summed E-state index contributed by atoms with van der Waals surface area (Å²) in [5.41, 5.74) is 0.435. The number of hydrogen-bond donors (Lipinski definition) is 2. The van der Waals surface area contributed by atoms with Crippen molar-refractivity contribution >= 4 is 33.2 Å². The van der Waals surface area contributed by atoms with Gasteiger partial charge in [0.1, 0.15) is 16.4 Å². The first-order valence-electron chi connectivity index (χ1n) is 6.11. The van der Waals surface area contributed by atoms with Crippen LogP contribution in [0.1, 0.15) is 10.5 Å². The molecule has 9 heteroatoms. The molecule has 0 atom stereocenters. The molecule has 0 fully saturated rings. The third-order valence-corrected chi connectivity index (χ3v) is 4.64. The number of halogens is 2. The Morgan fingerprint density at radius 1 is 1.32 bits per heavy atom. The lowest BCUT2D eigenvalue weighted by Crippen LogP contribution is -2.18. The van der Waals surface area contributed by atoms with Crippen LogP contribution < -0.4 is 10.0 Å². The minimum absolute atomic E-state index is 0.0280. The van der Waals surface area contributed by atoms with Gasteiger partial charge in [-0.05, 0) is 31.3 Å². The van der Waals surface area contributed by atoms with Gasteiger partial charge >= 0.3 is 0 Å². The number of amides is 1. The van der Waals surface area contributed by atoms with Crippen LogP contribution >= 0.6 is 11.6 Å². The number of aryl methyl sites for hydroxylation is 1. The molecule has 0 saturated heterocycles. The number of sulfonamides is 1. The van der Waals surface area contributed by atoms with E-state index in [-0.39, 0.29) is 15.6 Å². The van der Waals surface area contributed by atoms with Gasteiger partial charge in [0.25, 0.3) is 5.91 Å². The fraction of sp³-hybridized carbons (Fsp3) is 0.154. The van der Waals surface area contributed by atoms with Crippen molar-refractivity contribution in [1.29, 1.82) is 0 Å². The van der Waals surface area contributed by atoms with Gasteiger partial charge in [-0.1, -0.05) is 11.6 Å². The highest BCUT2D eigenvalue weighted by atomic mass is 35.5. The fourth-order valence-corrected chi connectivity index (χ4v) is 2.77. The number of nitrogens with one attached hydrogen (secondary N) is 2. The molecule has 6 nitrogen and oxygen atoms in total. The Labute approximate surface area is 131 Å². The number of anilines is 1. The molecule has 1 heterocycles. The van der Waals surface area contributed by atoms with Gasteiger partial charge in [-0.25, -0.2) is 17.5 Å². The third-order valence-electron chi connectivity index (χ3n) is 2.97. The van der Waals surface area contributed by atoms with Gasteiger partial charge < -0.3 is 9.88 Å². The fourth-order valence-electron chi connectivity index (χ4n) is 1.79. The van der Waals surface area contributed by atoms with E-state index in [1.54, 1.807) is 7.05 Å². The number of aromatic nitrogens is 1. The summed E-state index contributed by atoms with van der Waals surface area (Å²) in [5.74, 6) is -1.14. The van der Waals surface area contributed by atoms with Gasteiger partial charge in [0.15, 0.2) is 0 Å². The smallest absolute Gasteiger partial charge is 0.272 e. The van der Waals surface area contributed by atoms with Crippen LogP contribution in [-0.2, 0) is 17.1 Å². The number of benzene rings is 1. The molecule has 2 rings (SSSR count). The molecule has 2 N–H and O–H groups in total. The summed E-state index contributed by atoms with van der Waals surface area (Å²) in [6, 6.07) is 4.99. The predicted octanol–water partition coefficient (Wildman–Crippen LogP) is 1.98. The van der Waals surface area contributed by atoms with Gasteiger partial charge in [-0.3, -0.25) is 4.79 Å². The lowest BCUT2D eigenvalue weighted by atomic mass is 10.3. The molecule has 1 aromatic heterocycles. The second-order valence-corrected chi connectivity index (χ2v) is 6.76. The van der Waals surface area contributed by atoms with Crippen LogP contribution in [0, 0.1) is 5.82 Å². The van der Waals surface area contributed by atoms with Crippen molar-refractivity contribution in [2.24, 2.45) is 7.05 Å². The first-order valence-corrected chi connectivity index (χ1v) is 7.97. The molecule has 0 aliphatic heterocycles. The number of nitrogens with zero attached hydrogens (tertiary/aromatic N) is 1. The summed E-state index contributed by atoms with van der Waals surface area (Å²) in [4.78, 5) is 12.1. The quantitative estimate of drug-likeness (QED) is 0.889. The van der Waals surface area contributed by atoms with Gasteiger partial charge in [-0.2, -0.15) is 0 Å². The Hall–Kier alpha value is -1.90. The number of carbonyl (C=O) groups is 1. The van der Waals surface area contributed by atoms with E-state index < -0.39 is 21.7 Å². The predicted molar refractivity (Wildman–Crippen MR) is 81.0 cm³/mol. The Morgan fingerprint density at radius 3 is 2.59 bits per heavy atom. The molecule has 1 aromatic carbocycles. The highest BCUT2D eigenvalue weighted by Crippen LogP contribution is 2.20. The second-order valence-electron chi connectivity index (χ2n) is 4.46. The lowest BCUT2D eigenvalue weighted by molar-refractivity contribution is 0.101. The molecule has 0 bridgehead atoms. The normalized spacial score (nSPS) is 11.5. The van der Waals surface area contributed by atoms with E-state index in [1.165, 1.54) is 36.0 Å². The monoisotopic (exact) mass is 345 g/mol. The summed E-state index contributed by atoms with van der Waals surface area (Å²) in [6.45, 7) is 0. The summed E-state index contributed by atoms with van der Waals surface area (Å²) < 4.78 is 40.1. The van der Waals surface area contributed by atoms with E-state index >= 15 is 0 Å². The van der Waals surface area contributed by atoms with E-state index in [0.717, 1.165) is 6.07 Å². The zero-order valence-corrected chi connectivity index (χ0v) is 13.3. The zero-order chi connectivity index (χ0) is 16.5. The van der Waals surface area contributed by atoms with Crippen molar-refractivity contribution in [3.05, 3.63) is 47.0 Å². The molecule has 0 saturated carbocycles. The number of hydrogen-bond acceptors (Lipinski definition) is 3. The summed E-state index contributed by atoms with van der Waals surface area (Å²) in [7, 11) is -0.817. The van der Waals surface area contributed by atoms with Crippen LogP contribution in [0.5, 0.6) is 0 Å². The topological polar surface area (TPSA) is 80.2 Å². The van der Waals surface area contributed by atoms with Crippen molar-refractivity contribution < 1.29 is 17.6 Å². The molecule has 0 aliphatic carbocycles. The van der Waals surface area contributed by atoms with Crippen molar-refractivity contribution in [3.8, 4) is 0 Å². The molecule has 0 aliphatic rings. The largest absolute Gasteiger partial charge is 0.345 e. The first-order chi connectivity index (χ1) is 10.2. The van der Waals surface area contributed by atoms with E-state index in [9.17, 15) is 17.6 Å². The molecule has 2 aromatic rings. The van der Waals surface area contributed by atoms with Crippen molar-refractivity contribution in [3.63, 3.8) is 0 Å². The summed E-state index contributed by atoms with van der Waals surface area (Å²) in [6.07, 6.45) is 1.32. The highest BCUT2D eigenvalue weighted by Gasteiger charge is 2.19. The van der Waals surface area contributed by atoms with Crippen molar-refractivity contribution in [2.75, 3.05) is 12.4 Å². The maximum Gasteiger partial charge on any atom is 0.272 e. The van der Waals surface area contributed by atoms with Gasteiger partial charge in [0, 0.05) is 18.9 Å². The minimum atomic E-state index is -3.64. The SMILES string of the molecule is CNS(=O)(=O)c1cc(C(=O)Nc2ccc(F)c(Cl)c2)n(C)c1. The molecule has 0 spiro atoms. The van der Waals surface area contributed by atoms with Crippen molar-refractivity contribution in [1.82, 2.24) is 9.29 Å². The Morgan fingerprint density at radius 2 is 2.00 bits per heavy atom. The van der Waals surface area contributed by atoms with Crippen LogP contribution in [0.4, 0.5) is 10.1 Å². The highest BCUT2D eigenvalue weighted by molar-refractivity contribution is 7.89. The Balaban J connectivity index is 2.28. The van der Waals surface area contributed by atoms with Crippen LogP contribution in [0.3, 0.4) is 0 Å².